The molecule has 6 nitrogen and oxygen atoms in total. The lowest BCUT2D eigenvalue weighted by atomic mass is 10.2. The van der Waals surface area contributed by atoms with Gasteiger partial charge in [0.1, 0.15) is 6.04 Å². The molecular formula is C8H16N2O4. The molecule has 0 aliphatic carbocycles. The van der Waals surface area contributed by atoms with Crippen molar-refractivity contribution in [3.8, 4) is 0 Å². The van der Waals surface area contributed by atoms with Crippen molar-refractivity contribution < 1.29 is 19.8 Å². The average molecular weight is 204 g/mol. The first-order valence-corrected chi connectivity index (χ1v) is 4.32. The molecule has 0 aliphatic rings. The van der Waals surface area contributed by atoms with Gasteiger partial charge in [-0.2, -0.15) is 0 Å². The molecule has 0 saturated carbocycles. The number of carboxylic acids is 2. The summed E-state index contributed by atoms with van der Waals surface area (Å²) in [7, 11) is 1.74. The van der Waals surface area contributed by atoms with Gasteiger partial charge in [0.15, 0.2) is 0 Å². The molecule has 4 N–H and O–H groups in total. The van der Waals surface area contributed by atoms with Crippen LogP contribution in [0.15, 0.2) is 0 Å². The third kappa shape index (κ3) is 5.50. The number of carboxylic acid groups (broad SMARTS) is 2. The molecule has 0 aromatic heterocycles. The second kappa shape index (κ2) is 6.33. The summed E-state index contributed by atoms with van der Waals surface area (Å²) >= 11 is 0. The van der Waals surface area contributed by atoms with E-state index in [9.17, 15) is 9.59 Å². The molecule has 0 aromatic carbocycles. The number of likely N-dealkylation sites (N-methyl/N-ethyl adjacent to an activating group) is 1. The van der Waals surface area contributed by atoms with Crippen molar-refractivity contribution in [3.05, 3.63) is 0 Å². The Morgan fingerprint density at radius 3 is 2.29 bits per heavy atom. The molecule has 0 saturated heterocycles. The summed E-state index contributed by atoms with van der Waals surface area (Å²) in [5.74, 6) is -2.27. The first kappa shape index (κ1) is 12.9. The molecule has 0 aromatic rings. The van der Waals surface area contributed by atoms with Crippen molar-refractivity contribution >= 4 is 11.9 Å². The SMILES string of the molecule is CNCC(C)NC(CC(=O)O)C(=O)O. The second-order valence-corrected chi connectivity index (χ2v) is 3.11. The highest BCUT2D eigenvalue weighted by molar-refractivity contribution is 5.80. The molecule has 0 heterocycles. The molecule has 0 spiro atoms. The number of hydrogen-bond acceptors (Lipinski definition) is 4. The van der Waals surface area contributed by atoms with Gasteiger partial charge in [-0.1, -0.05) is 0 Å². The molecule has 14 heavy (non-hydrogen) atoms. The van der Waals surface area contributed by atoms with Crippen LogP contribution in [0.3, 0.4) is 0 Å². The highest BCUT2D eigenvalue weighted by Crippen LogP contribution is 1.94. The van der Waals surface area contributed by atoms with Crippen molar-refractivity contribution in [2.45, 2.75) is 25.4 Å². The minimum absolute atomic E-state index is 0.0829. The predicted molar refractivity (Wildman–Crippen MR) is 50.2 cm³/mol. The molecule has 0 fully saturated rings. The average Bonchev–Trinajstić information content (AvgIpc) is 2.02. The summed E-state index contributed by atoms with van der Waals surface area (Å²) in [5, 5.41) is 22.7. The van der Waals surface area contributed by atoms with Gasteiger partial charge in [-0.25, -0.2) is 0 Å². The van der Waals surface area contributed by atoms with Crippen molar-refractivity contribution in [1.29, 1.82) is 0 Å². The topological polar surface area (TPSA) is 98.7 Å². The Morgan fingerprint density at radius 2 is 1.93 bits per heavy atom. The minimum Gasteiger partial charge on any atom is -0.481 e. The van der Waals surface area contributed by atoms with Gasteiger partial charge in [-0.3, -0.25) is 9.59 Å². The smallest absolute Gasteiger partial charge is 0.321 e. The third-order valence-electron chi connectivity index (χ3n) is 1.67. The number of hydrogen-bond donors (Lipinski definition) is 4. The van der Waals surface area contributed by atoms with Gasteiger partial charge in [-0.05, 0) is 14.0 Å². The molecule has 0 radical (unpaired) electrons. The lowest BCUT2D eigenvalue weighted by Crippen LogP contribution is -2.46. The van der Waals surface area contributed by atoms with Crippen LogP contribution < -0.4 is 10.6 Å². The van der Waals surface area contributed by atoms with Crippen LogP contribution in [0.25, 0.3) is 0 Å². The molecular weight excluding hydrogens is 188 g/mol. The van der Waals surface area contributed by atoms with Crippen LogP contribution in [0, 0.1) is 0 Å². The number of aliphatic carboxylic acids is 2. The maximum atomic E-state index is 10.6. The highest BCUT2D eigenvalue weighted by atomic mass is 16.4. The molecule has 2 atom stereocenters. The maximum Gasteiger partial charge on any atom is 0.321 e. The summed E-state index contributed by atoms with van der Waals surface area (Å²) in [4.78, 5) is 21.0. The van der Waals surface area contributed by atoms with Crippen LogP contribution in [0.5, 0.6) is 0 Å². The van der Waals surface area contributed by atoms with E-state index in [1.807, 2.05) is 0 Å². The van der Waals surface area contributed by atoms with Gasteiger partial charge in [0, 0.05) is 12.6 Å². The first-order chi connectivity index (χ1) is 6.47. The zero-order chi connectivity index (χ0) is 11.1. The Labute approximate surface area is 82.3 Å². The standard InChI is InChI=1S/C8H16N2O4/c1-5(4-9-2)10-6(8(13)14)3-7(11)12/h5-6,9-10H,3-4H2,1-2H3,(H,11,12)(H,13,14). The van der Waals surface area contributed by atoms with E-state index in [-0.39, 0.29) is 6.04 Å². The van der Waals surface area contributed by atoms with Crippen LogP contribution >= 0.6 is 0 Å². The fourth-order valence-corrected chi connectivity index (χ4v) is 1.10. The molecule has 0 rings (SSSR count). The number of rotatable bonds is 7. The predicted octanol–water partition coefficient (Wildman–Crippen LogP) is -0.888. The van der Waals surface area contributed by atoms with E-state index in [2.05, 4.69) is 10.6 Å². The fourth-order valence-electron chi connectivity index (χ4n) is 1.10. The van der Waals surface area contributed by atoms with Crippen molar-refractivity contribution in [2.75, 3.05) is 13.6 Å². The Hall–Kier alpha value is -1.14. The Kier molecular flexibility index (Phi) is 5.82. The minimum atomic E-state index is -1.14. The van der Waals surface area contributed by atoms with Gasteiger partial charge >= 0.3 is 11.9 Å². The van der Waals surface area contributed by atoms with E-state index in [1.54, 1.807) is 14.0 Å². The van der Waals surface area contributed by atoms with Gasteiger partial charge in [0.2, 0.25) is 0 Å². The Morgan fingerprint density at radius 1 is 1.36 bits per heavy atom. The van der Waals surface area contributed by atoms with Crippen molar-refractivity contribution in [1.82, 2.24) is 10.6 Å². The van der Waals surface area contributed by atoms with Crippen LogP contribution in [-0.4, -0.2) is 47.8 Å². The fraction of sp³-hybridized carbons (Fsp3) is 0.750. The van der Waals surface area contributed by atoms with Gasteiger partial charge in [-0.15, -0.1) is 0 Å². The summed E-state index contributed by atoms with van der Waals surface area (Å²) in [5.41, 5.74) is 0. The quantitative estimate of drug-likeness (QED) is 0.429. The largest absolute Gasteiger partial charge is 0.481 e. The second-order valence-electron chi connectivity index (χ2n) is 3.11. The zero-order valence-corrected chi connectivity index (χ0v) is 8.28. The normalized spacial score (nSPS) is 14.7. The summed E-state index contributed by atoms with van der Waals surface area (Å²) < 4.78 is 0. The monoisotopic (exact) mass is 204 g/mol. The maximum absolute atomic E-state index is 10.6. The molecule has 0 amide bonds. The summed E-state index contributed by atoms with van der Waals surface area (Å²) in [6.45, 7) is 2.37. The number of nitrogens with one attached hydrogen (secondary N) is 2. The number of carbonyl (C=O) groups is 2. The molecule has 0 aliphatic heterocycles. The van der Waals surface area contributed by atoms with Crippen LogP contribution in [0.1, 0.15) is 13.3 Å². The van der Waals surface area contributed by atoms with E-state index in [4.69, 9.17) is 10.2 Å². The molecule has 0 bridgehead atoms. The molecule has 6 heteroatoms. The van der Waals surface area contributed by atoms with Crippen molar-refractivity contribution in [3.63, 3.8) is 0 Å². The van der Waals surface area contributed by atoms with Gasteiger partial charge in [0.25, 0.3) is 0 Å². The summed E-state index contributed by atoms with van der Waals surface area (Å²) in [6.07, 6.45) is -0.413. The van der Waals surface area contributed by atoms with Crippen LogP contribution in [-0.2, 0) is 9.59 Å². The van der Waals surface area contributed by atoms with E-state index in [0.29, 0.717) is 6.54 Å². The molecule has 82 valence electrons. The zero-order valence-electron chi connectivity index (χ0n) is 8.28. The lowest BCUT2D eigenvalue weighted by Gasteiger charge is -2.18. The van der Waals surface area contributed by atoms with Gasteiger partial charge in [0.05, 0.1) is 6.42 Å². The van der Waals surface area contributed by atoms with E-state index in [1.165, 1.54) is 0 Å². The summed E-state index contributed by atoms with van der Waals surface area (Å²) in [6, 6.07) is -1.11. The van der Waals surface area contributed by atoms with E-state index >= 15 is 0 Å². The van der Waals surface area contributed by atoms with Crippen molar-refractivity contribution in [2.24, 2.45) is 0 Å². The Bertz CT molecular complexity index is 208. The Balaban J connectivity index is 4.08. The lowest BCUT2D eigenvalue weighted by molar-refractivity contribution is -0.146. The first-order valence-electron chi connectivity index (χ1n) is 4.32. The molecule has 2 unspecified atom stereocenters. The van der Waals surface area contributed by atoms with Gasteiger partial charge < -0.3 is 20.8 Å². The van der Waals surface area contributed by atoms with E-state index < -0.39 is 24.4 Å². The van der Waals surface area contributed by atoms with Crippen LogP contribution in [0.4, 0.5) is 0 Å². The van der Waals surface area contributed by atoms with E-state index in [0.717, 1.165) is 0 Å². The third-order valence-corrected chi connectivity index (χ3v) is 1.67. The highest BCUT2D eigenvalue weighted by Gasteiger charge is 2.21. The van der Waals surface area contributed by atoms with Crippen LogP contribution in [0.2, 0.25) is 0 Å².